The molecule has 2 unspecified atom stereocenters. The van der Waals surface area contributed by atoms with Crippen molar-refractivity contribution in [3.63, 3.8) is 0 Å². The molecule has 4 amide bonds. The van der Waals surface area contributed by atoms with Crippen molar-refractivity contribution >= 4 is 68.6 Å². The molecule has 2 aromatic heterocycles. The van der Waals surface area contributed by atoms with Gasteiger partial charge in [0.25, 0.3) is 23.6 Å². The second-order valence-electron chi connectivity index (χ2n) is 20.6. The smallest absolute Gasteiger partial charge is 0.261 e. The van der Waals surface area contributed by atoms with Gasteiger partial charge in [-0.25, -0.2) is 0 Å². The number of rotatable bonds is 19. The highest BCUT2D eigenvalue weighted by molar-refractivity contribution is 6.31. The highest BCUT2D eigenvalue weighted by Gasteiger charge is 2.37. The van der Waals surface area contributed by atoms with Gasteiger partial charge in [-0.2, -0.15) is 0 Å². The van der Waals surface area contributed by atoms with Crippen LogP contribution in [-0.4, -0.2) is 73.6 Å². The van der Waals surface area contributed by atoms with Gasteiger partial charge < -0.3 is 24.7 Å². The van der Waals surface area contributed by atoms with E-state index in [4.69, 9.17) is 28.9 Å². The van der Waals surface area contributed by atoms with Gasteiger partial charge in [0.05, 0.1) is 23.2 Å². The van der Waals surface area contributed by atoms with Crippen LogP contribution in [0.1, 0.15) is 117 Å². The zero-order chi connectivity index (χ0) is 54.9. The van der Waals surface area contributed by atoms with Crippen LogP contribution in [0.25, 0.3) is 21.8 Å². The van der Waals surface area contributed by atoms with Crippen molar-refractivity contribution in [1.82, 2.24) is 23.8 Å². The Morgan fingerprint density at radius 1 is 0.487 bits per heavy atom. The molecule has 7 aromatic carbocycles. The summed E-state index contributed by atoms with van der Waals surface area (Å²) in [6, 6.07) is 62.2. The van der Waals surface area contributed by atoms with E-state index in [9.17, 15) is 19.2 Å². The number of hydrogen-bond donors (Lipinski definition) is 1. The number of carbonyl (C=O) groups excluding carboxylic acids is 4. The number of nitrogens with two attached hydrogens (primary N) is 1. The lowest BCUT2D eigenvalue weighted by molar-refractivity contribution is 0.0577. The van der Waals surface area contributed by atoms with Crippen LogP contribution in [0, 0.1) is 11.8 Å². The Kier molecular flexibility index (Phi) is 17.7. The van der Waals surface area contributed by atoms with E-state index in [0.29, 0.717) is 64.9 Å². The highest BCUT2D eigenvalue weighted by Crippen LogP contribution is 2.38. The van der Waals surface area contributed by atoms with Gasteiger partial charge in [0, 0.05) is 87.1 Å². The van der Waals surface area contributed by atoms with Crippen LogP contribution in [0.5, 0.6) is 0 Å². The Hall–Kier alpha value is -7.76. The molecule has 2 N–H and O–H groups in total. The molecule has 10 nitrogen and oxygen atoms in total. The standard InChI is InChI=1S/C37H34ClN3O3.C29H32ClN3O/c1-25(2)34(33-23-28-22-29(38)18-19-32(28)41(33)24-26-12-5-3-6-13-26)39(35(42)27-14-7-4-8-15-27)20-11-21-40-36(43)30-16-9-10-17-31(30)37(40)44;1-21(2)28(32(17-9-16-31)29(34)23-12-7-4-8-13-23)27-19-24-18-25(30)14-15-26(24)33(27)20-22-10-5-3-6-11-22/h3-10,12-19,22-23,25,34H,11,20-21,24H2,1-2H3;3-8,10-15,18-19,21,28H,9,16-17,20,31H2,1-2H3. The molecule has 12 heteroatoms. The zero-order valence-electron chi connectivity index (χ0n) is 44.6. The number of halogens is 2. The topological polar surface area (TPSA) is 114 Å². The summed E-state index contributed by atoms with van der Waals surface area (Å²) < 4.78 is 4.61. The fourth-order valence-electron chi connectivity index (χ4n) is 11.0. The summed E-state index contributed by atoms with van der Waals surface area (Å²) in [4.78, 5) is 59.4. The summed E-state index contributed by atoms with van der Waals surface area (Å²) >= 11 is 12.8. The number of benzene rings is 7. The zero-order valence-corrected chi connectivity index (χ0v) is 46.2. The predicted molar refractivity (Wildman–Crippen MR) is 315 cm³/mol. The van der Waals surface area contributed by atoms with Gasteiger partial charge in [0.2, 0.25) is 0 Å². The predicted octanol–water partition coefficient (Wildman–Crippen LogP) is 14.4. The number of carbonyl (C=O) groups is 4. The maximum atomic E-state index is 14.3. The van der Waals surface area contributed by atoms with Crippen LogP contribution < -0.4 is 5.73 Å². The third-order valence-corrected chi connectivity index (χ3v) is 15.0. The van der Waals surface area contributed by atoms with E-state index in [2.05, 4.69) is 91.4 Å². The SMILES string of the molecule is CC(C)C(c1cc2cc(Cl)ccc2n1Cc1ccccc1)N(CCCN)C(=O)c1ccccc1.CC(C)C(c1cc2cc(Cl)ccc2n1Cc1ccccc1)N(CCCN1C(=O)c2ccccc2C1=O)C(=O)c1ccccc1. The fraction of sp³-hybridized carbons (Fsp3) is 0.242. The second kappa shape index (κ2) is 25.1. The Morgan fingerprint density at radius 2 is 0.859 bits per heavy atom. The molecule has 0 aliphatic carbocycles. The summed E-state index contributed by atoms with van der Waals surface area (Å²) in [5.74, 6) is -0.391. The minimum Gasteiger partial charge on any atom is -0.338 e. The summed E-state index contributed by atoms with van der Waals surface area (Å²) in [6.07, 6.45) is 1.19. The lowest BCUT2D eigenvalue weighted by Gasteiger charge is -2.36. The van der Waals surface area contributed by atoms with Crippen molar-refractivity contribution in [1.29, 1.82) is 0 Å². The van der Waals surface area contributed by atoms with Gasteiger partial charge in [0.1, 0.15) is 0 Å². The van der Waals surface area contributed by atoms with E-state index in [0.717, 1.165) is 51.7 Å². The van der Waals surface area contributed by atoms with E-state index in [1.807, 2.05) is 125 Å². The van der Waals surface area contributed by atoms with E-state index in [1.165, 1.54) is 10.5 Å². The first-order valence-corrected chi connectivity index (χ1v) is 27.6. The summed E-state index contributed by atoms with van der Waals surface area (Å²) in [5.41, 5.74) is 14.6. The normalized spacial score (nSPS) is 13.0. The summed E-state index contributed by atoms with van der Waals surface area (Å²) in [7, 11) is 0. The molecule has 0 spiro atoms. The first kappa shape index (κ1) is 55.0. The minimum atomic E-state index is -0.292. The van der Waals surface area contributed by atoms with Crippen LogP contribution in [0.3, 0.4) is 0 Å². The van der Waals surface area contributed by atoms with Crippen molar-refractivity contribution in [3.8, 4) is 0 Å². The molecule has 0 bridgehead atoms. The number of imide groups is 1. The molecule has 78 heavy (non-hydrogen) atoms. The lowest BCUT2D eigenvalue weighted by atomic mass is 9.97. The minimum absolute atomic E-state index is 0.0299. The second-order valence-corrected chi connectivity index (χ2v) is 21.5. The van der Waals surface area contributed by atoms with Crippen LogP contribution in [0.4, 0.5) is 0 Å². The maximum Gasteiger partial charge on any atom is 0.261 e. The monoisotopic (exact) mass is 1080 g/mol. The van der Waals surface area contributed by atoms with Crippen LogP contribution in [0.2, 0.25) is 10.0 Å². The molecule has 9 aromatic rings. The molecule has 10 rings (SSSR count). The molecule has 1 aliphatic heterocycles. The molecular weight excluding hydrogens is 1010 g/mol. The average Bonchev–Trinajstić information content (AvgIpc) is 4.18. The molecule has 3 heterocycles. The third kappa shape index (κ3) is 12.2. The van der Waals surface area contributed by atoms with E-state index in [1.54, 1.807) is 24.3 Å². The van der Waals surface area contributed by atoms with Gasteiger partial charge in [-0.1, -0.05) is 160 Å². The molecule has 1 aliphatic rings. The molecular formula is C66H66Cl2N6O4. The molecule has 0 fully saturated rings. The number of hydrogen-bond acceptors (Lipinski definition) is 5. The van der Waals surface area contributed by atoms with Gasteiger partial charge in [-0.15, -0.1) is 0 Å². The summed E-state index contributed by atoms with van der Waals surface area (Å²) in [5, 5.41) is 3.44. The lowest BCUT2D eigenvalue weighted by Crippen LogP contribution is -2.41. The van der Waals surface area contributed by atoms with Crippen molar-refractivity contribution in [2.75, 3.05) is 26.2 Å². The molecule has 0 radical (unpaired) electrons. The molecule has 0 saturated heterocycles. The van der Waals surface area contributed by atoms with Crippen molar-refractivity contribution in [3.05, 3.63) is 249 Å². The molecule has 0 saturated carbocycles. The number of fused-ring (bicyclic) bond motifs is 3. The van der Waals surface area contributed by atoms with Gasteiger partial charge in [-0.3, -0.25) is 24.1 Å². The third-order valence-electron chi connectivity index (χ3n) is 14.5. The van der Waals surface area contributed by atoms with Gasteiger partial charge in [0.15, 0.2) is 0 Å². The molecule has 2 atom stereocenters. The van der Waals surface area contributed by atoms with Crippen LogP contribution >= 0.6 is 23.2 Å². The average molecular weight is 1080 g/mol. The van der Waals surface area contributed by atoms with Crippen molar-refractivity contribution in [2.45, 2.75) is 65.7 Å². The first-order valence-electron chi connectivity index (χ1n) is 26.9. The van der Waals surface area contributed by atoms with Gasteiger partial charge >= 0.3 is 0 Å². The Labute approximate surface area is 467 Å². The quantitative estimate of drug-likeness (QED) is 0.0810. The van der Waals surface area contributed by atoms with E-state index < -0.39 is 0 Å². The highest BCUT2D eigenvalue weighted by atomic mass is 35.5. The van der Waals surface area contributed by atoms with Gasteiger partial charge in [-0.05, 0) is 127 Å². The Balaban J connectivity index is 0.000000196. The number of nitrogens with zero attached hydrogens (tertiary/aromatic N) is 5. The Morgan fingerprint density at radius 3 is 1.24 bits per heavy atom. The summed E-state index contributed by atoms with van der Waals surface area (Å²) in [6.45, 7) is 11.7. The van der Waals surface area contributed by atoms with E-state index >= 15 is 0 Å². The van der Waals surface area contributed by atoms with E-state index in [-0.39, 0.29) is 54.1 Å². The van der Waals surface area contributed by atoms with Crippen LogP contribution in [-0.2, 0) is 13.1 Å². The molecule has 398 valence electrons. The number of aromatic nitrogens is 2. The van der Waals surface area contributed by atoms with Crippen molar-refractivity contribution in [2.24, 2.45) is 17.6 Å². The Bertz CT molecular complexity index is 3490. The number of amides is 4. The largest absolute Gasteiger partial charge is 0.338 e. The maximum absolute atomic E-state index is 14.3. The fourth-order valence-corrected chi connectivity index (χ4v) is 11.3. The van der Waals surface area contributed by atoms with Crippen LogP contribution in [0.15, 0.2) is 194 Å². The van der Waals surface area contributed by atoms with Crippen molar-refractivity contribution < 1.29 is 19.2 Å². The first-order chi connectivity index (χ1) is 37.8.